The number of para-hydroxylation sites is 1. The highest BCUT2D eigenvalue weighted by atomic mass is 32.1. The van der Waals surface area contributed by atoms with Crippen LogP contribution in [0.25, 0.3) is 10.9 Å². The normalized spacial score (nSPS) is 10.8. The van der Waals surface area contributed by atoms with Crippen molar-refractivity contribution >= 4 is 41.9 Å². The lowest BCUT2D eigenvalue weighted by Gasteiger charge is -2.05. The first-order valence-corrected chi connectivity index (χ1v) is 7.48. The quantitative estimate of drug-likeness (QED) is 0.430. The number of fused-ring (bicyclic) bond motifs is 1. The van der Waals surface area contributed by atoms with Crippen LogP contribution in [0.3, 0.4) is 0 Å². The third-order valence-electron chi connectivity index (χ3n) is 3.40. The Morgan fingerprint density at radius 2 is 1.67 bits per heavy atom. The Bertz CT molecular complexity index is 816. The van der Waals surface area contributed by atoms with Crippen molar-refractivity contribution in [3.8, 4) is 0 Å². The van der Waals surface area contributed by atoms with E-state index in [0.29, 0.717) is 5.56 Å². The maximum Gasteiger partial charge on any atom is 0.237 e. The first kappa shape index (κ1) is 14.2. The van der Waals surface area contributed by atoms with Crippen LogP contribution in [0.4, 0.5) is 0 Å². The van der Waals surface area contributed by atoms with Crippen LogP contribution in [0.1, 0.15) is 10.4 Å². The molecule has 1 heterocycles. The molecule has 0 saturated heterocycles. The summed E-state index contributed by atoms with van der Waals surface area (Å²) in [7, 11) is 0. The van der Waals surface area contributed by atoms with E-state index in [1.165, 1.54) is 0 Å². The van der Waals surface area contributed by atoms with Crippen LogP contribution in [0, 0.1) is 0 Å². The molecule has 0 aliphatic heterocycles. The summed E-state index contributed by atoms with van der Waals surface area (Å²) in [6.45, 7) is 0.248. The zero-order valence-corrected chi connectivity index (χ0v) is 13.0. The van der Waals surface area contributed by atoms with Gasteiger partial charge in [-0.3, -0.25) is 4.79 Å². The van der Waals surface area contributed by atoms with Crippen LogP contribution in [0.15, 0.2) is 70.6 Å². The van der Waals surface area contributed by atoms with E-state index in [4.69, 9.17) is 0 Å². The molecule has 3 rings (SSSR count). The molecule has 1 aromatic heterocycles. The molecular formula is C17H14NOS2+. The van der Waals surface area contributed by atoms with Gasteiger partial charge in [0.2, 0.25) is 22.9 Å². The summed E-state index contributed by atoms with van der Waals surface area (Å²) in [6, 6.07) is 19.1. The van der Waals surface area contributed by atoms with Gasteiger partial charge in [0.25, 0.3) is 0 Å². The molecule has 0 radical (unpaired) electrons. The third-order valence-corrected chi connectivity index (χ3v) is 4.15. The maximum absolute atomic E-state index is 12.4. The molecule has 0 fully saturated rings. The molecule has 4 heteroatoms. The van der Waals surface area contributed by atoms with Gasteiger partial charge in [-0.05, 0) is 18.2 Å². The van der Waals surface area contributed by atoms with Crippen LogP contribution in [-0.2, 0) is 6.54 Å². The topological polar surface area (TPSA) is 20.9 Å². The average Bonchev–Trinajstić information content (AvgIpc) is 2.51. The zero-order valence-electron chi connectivity index (χ0n) is 11.2. The maximum atomic E-state index is 12.4. The third kappa shape index (κ3) is 2.82. The van der Waals surface area contributed by atoms with Crippen LogP contribution < -0.4 is 4.57 Å². The van der Waals surface area contributed by atoms with Crippen molar-refractivity contribution < 1.29 is 9.36 Å². The first-order valence-electron chi connectivity index (χ1n) is 6.58. The van der Waals surface area contributed by atoms with Gasteiger partial charge >= 0.3 is 0 Å². The summed E-state index contributed by atoms with van der Waals surface area (Å²) < 4.78 is 1.90. The van der Waals surface area contributed by atoms with Gasteiger partial charge in [0.05, 0.1) is 4.90 Å². The number of hydrogen-bond acceptors (Lipinski definition) is 3. The predicted octanol–water partition coefficient (Wildman–Crippen LogP) is 3.59. The summed E-state index contributed by atoms with van der Waals surface area (Å²) in [5, 5.41) is 1.79. The molecular weight excluding hydrogens is 298 g/mol. The second-order valence-corrected chi connectivity index (χ2v) is 5.72. The Hall–Kier alpha value is -1.78. The molecule has 0 spiro atoms. The molecule has 0 N–H and O–H groups in total. The smallest absolute Gasteiger partial charge is 0.237 e. The Kier molecular flexibility index (Phi) is 3.99. The SMILES string of the molecule is O=C(C[n+]1c(S)ccc2cccc(S)c21)c1ccccc1. The molecule has 3 aromatic rings. The number of benzene rings is 2. The first-order chi connectivity index (χ1) is 10.2. The average molecular weight is 312 g/mol. The van der Waals surface area contributed by atoms with Gasteiger partial charge in [-0.1, -0.05) is 49.0 Å². The van der Waals surface area contributed by atoms with E-state index in [1.807, 2.05) is 65.2 Å². The van der Waals surface area contributed by atoms with E-state index >= 15 is 0 Å². The largest absolute Gasteiger partial charge is 0.287 e. The molecule has 104 valence electrons. The Balaban J connectivity index is 2.08. The number of pyridine rings is 1. The van der Waals surface area contributed by atoms with E-state index < -0.39 is 0 Å². The molecule has 2 aromatic carbocycles. The minimum atomic E-state index is 0.0555. The molecule has 0 unspecified atom stereocenters. The fraction of sp³-hybridized carbons (Fsp3) is 0.0588. The standard InChI is InChI=1S/C17H13NOS2/c19-14(12-5-2-1-3-6-12)11-18-16(21)10-9-13-7-4-8-15(20)17(13)18/h1-10,20H,11H2/p+1. The van der Waals surface area contributed by atoms with Gasteiger partial charge in [0.15, 0.2) is 0 Å². The lowest BCUT2D eigenvalue weighted by molar-refractivity contribution is -0.695. The van der Waals surface area contributed by atoms with Crippen LogP contribution >= 0.6 is 25.3 Å². The predicted molar refractivity (Wildman–Crippen MR) is 89.4 cm³/mol. The minimum Gasteiger partial charge on any atom is -0.287 e. The van der Waals surface area contributed by atoms with Crippen molar-refractivity contribution in [2.24, 2.45) is 0 Å². The van der Waals surface area contributed by atoms with Gasteiger partial charge in [0.1, 0.15) is 0 Å². The number of thiol groups is 2. The molecule has 0 bridgehead atoms. The van der Waals surface area contributed by atoms with Gasteiger partial charge < -0.3 is 0 Å². The van der Waals surface area contributed by atoms with E-state index in [1.54, 1.807) is 0 Å². The Labute approximate surface area is 134 Å². The number of rotatable bonds is 3. The summed E-state index contributed by atoms with van der Waals surface area (Å²) in [5.41, 5.74) is 1.63. The number of nitrogens with zero attached hydrogens (tertiary/aromatic N) is 1. The highest BCUT2D eigenvalue weighted by Gasteiger charge is 2.20. The fourth-order valence-corrected chi connectivity index (χ4v) is 2.95. The highest BCUT2D eigenvalue weighted by molar-refractivity contribution is 7.80. The van der Waals surface area contributed by atoms with Crippen molar-refractivity contribution in [1.82, 2.24) is 0 Å². The Morgan fingerprint density at radius 3 is 2.43 bits per heavy atom. The van der Waals surface area contributed by atoms with Crippen LogP contribution in [0.2, 0.25) is 0 Å². The van der Waals surface area contributed by atoms with Gasteiger partial charge in [0, 0.05) is 17.0 Å². The summed E-state index contributed by atoms with van der Waals surface area (Å²) >= 11 is 9.00. The number of hydrogen-bond donors (Lipinski definition) is 2. The van der Waals surface area contributed by atoms with Crippen molar-refractivity contribution in [3.05, 3.63) is 66.2 Å². The van der Waals surface area contributed by atoms with Crippen molar-refractivity contribution in [2.75, 3.05) is 0 Å². The second kappa shape index (κ2) is 5.92. The lowest BCUT2D eigenvalue weighted by atomic mass is 10.1. The van der Waals surface area contributed by atoms with Crippen LogP contribution in [0.5, 0.6) is 0 Å². The summed E-state index contributed by atoms with van der Waals surface area (Å²) in [6.07, 6.45) is 0. The van der Waals surface area contributed by atoms with E-state index in [9.17, 15) is 4.79 Å². The van der Waals surface area contributed by atoms with Crippen molar-refractivity contribution in [1.29, 1.82) is 0 Å². The number of aromatic nitrogens is 1. The molecule has 2 nitrogen and oxygen atoms in total. The van der Waals surface area contributed by atoms with Gasteiger partial charge in [-0.2, -0.15) is 4.57 Å². The Morgan fingerprint density at radius 1 is 0.905 bits per heavy atom. The number of Topliss-reactive ketones (excluding diaryl/α,β-unsaturated/α-hetero) is 1. The molecule has 0 amide bonds. The molecule has 0 atom stereocenters. The number of carbonyl (C=O) groups excluding carboxylic acids is 1. The minimum absolute atomic E-state index is 0.0555. The van der Waals surface area contributed by atoms with Gasteiger partial charge in [-0.25, -0.2) is 0 Å². The summed E-state index contributed by atoms with van der Waals surface area (Å²) in [5.74, 6) is 0.0555. The molecule has 0 saturated carbocycles. The summed E-state index contributed by atoms with van der Waals surface area (Å²) in [4.78, 5) is 13.3. The fourth-order valence-electron chi connectivity index (χ4n) is 2.37. The molecule has 0 aliphatic carbocycles. The van der Waals surface area contributed by atoms with E-state index in [2.05, 4.69) is 25.3 Å². The second-order valence-electron chi connectivity index (χ2n) is 4.78. The van der Waals surface area contributed by atoms with Crippen molar-refractivity contribution in [2.45, 2.75) is 16.5 Å². The molecule has 21 heavy (non-hydrogen) atoms. The molecule has 0 aliphatic rings. The van der Waals surface area contributed by atoms with Crippen LogP contribution in [-0.4, -0.2) is 5.78 Å². The monoisotopic (exact) mass is 312 g/mol. The number of ketones is 1. The van der Waals surface area contributed by atoms with E-state index in [0.717, 1.165) is 20.8 Å². The lowest BCUT2D eigenvalue weighted by Crippen LogP contribution is -2.40. The van der Waals surface area contributed by atoms with E-state index in [-0.39, 0.29) is 12.3 Å². The van der Waals surface area contributed by atoms with Gasteiger partial charge in [-0.15, -0.1) is 12.6 Å². The highest BCUT2D eigenvalue weighted by Crippen LogP contribution is 2.20. The van der Waals surface area contributed by atoms with Crippen molar-refractivity contribution in [3.63, 3.8) is 0 Å². The number of carbonyl (C=O) groups is 1. The zero-order chi connectivity index (χ0) is 14.8.